The first kappa shape index (κ1) is 20.1. The molecule has 0 atom stereocenters. The second kappa shape index (κ2) is 9.06. The van der Waals surface area contributed by atoms with E-state index in [0.29, 0.717) is 22.7 Å². The number of nitrogens with one attached hydrogen (secondary N) is 2. The van der Waals surface area contributed by atoms with E-state index in [1.54, 1.807) is 24.3 Å². The van der Waals surface area contributed by atoms with Gasteiger partial charge < -0.3 is 15.4 Å². The van der Waals surface area contributed by atoms with Crippen LogP contribution in [0, 0.1) is 20.8 Å². The van der Waals surface area contributed by atoms with Crippen LogP contribution in [0.4, 0.5) is 11.4 Å². The molecule has 0 fully saturated rings. The molecule has 0 spiro atoms. The van der Waals surface area contributed by atoms with Crippen molar-refractivity contribution < 1.29 is 14.3 Å². The van der Waals surface area contributed by atoms with Crippen molar-refractivity contribution in [3.63, 3.8) is 0 Å². The van der Waals surface area contributed by atoms with Gasteiger partial charge in [-0.1, -0.05) is 36.4 Å². The normalized spacial score (nSPS) is 10.3. The zero-order chi connectivity index (χ0) is 20.8. The lowest BCUT2D eigenvalue weighted by atomic mass is 10.1. The van der Waals surface area contributed by atoms with E-state index in [-0.39, 0.29) is 18.4 Å². The van der Waals surface area contributed by atoms with E-state index < -0.39 is 0 Å². The maximum atomic E-state index is 12.7. The summed E-state index contributed by atoms with van der Waals surface area (Å²) in [5.74, 6) is 0.0343. The van der Waals surface area contributed by atoms with Crippen LogP contribution >= 0.6 is 0 Å². The molecule has 0 radical (unpaired) electrons. The number of ether oxygens (including phenoxy) is 1. The monoisotopic (exact) mass is 388 g/mol. The Morgan fingerprint density at radius 1 is 0.793 bits per heavy atom. The molecule has 29 heavy (non-hydrogen) atoms. The van der Waals surface area contributed by atoms with Crippen LogP contribution in [0.25, 0.3) is 0 Å². The van der Waals surface area contributed by atoms with Crippen molar-refractivity contribution in [2.75, 3.05) is 17.2 Å². The van der Waals surface area contributed by atoms with Crippen molar-refractivity contribution in [2.45, 2.75) is 20.8 Å². The molecule has 148 valence electrons. The molecule has 0 aliphatic heterocycles. The summed E-state index contributed by atoms with van der Waals surface area (Å²) < 4.78 is 5.58. The van der Waals surface area contributed by atoms with Gasteiger partial charge in [0.2, 0.25) is 0 Å². The molecule has 0 unspecified atom stereocenters. The molecule has 5 nitrogen and oxygen atoms in total. The Bertz CT molecular complexity index is 1040. The standard InChI is InChI=1S/C24H24N2O3/c1-16-12-13-19(14-18(16)3)25-24(28)20-9-5-6-10-21(20)26-23(27)15-29-22-11-7-4-8-17(22)2/h4-14H,15H2,1-3H3,(H,25,28)(H,26,27). The van der Waals surface area contributed by atoms with Crippen LogP contribution in [0.2, 0.25) is 0 Å². The minimum atomic E-state index is -0.334. The number of anilines is 2. The maximum Gasteiger partial charge on any atom is 0.262 e. The molecule has 0 heterocycles. The Labute approximate surface area is 170 Å². The van der Waals surface area contributed by atoms with E-state index in [0.717, 1.165) is 16.7 Å². The Morgan fingerprint density at radius 2 is 1.52 bits per heavy atom. The van der Waals surface area contributed by atoms with Crippen LogP contribution in [-0.2, 0) is 4.79 Å². The minimum absolute atomic E-state index is 0.141. The Morgan fingerprint density at radius 3 is 2.28 bits per heavy atom. The van der Waals surface area contributed by atoms with Gasteiger partial charge in [0.1, 0.15) is 5.75 Å². The summed E-state index contributed by atoms with van der Waals surface area (Å²) in [6, 6.07) is 20.1. The fourth-order valence-corrected chi connectivity index (χ4v) is 2.86. The predicted molar refractivity (Wildman–Crippen MR) is 116 cm³/mol. The molecule has 0 aliphatic rings. The molecular formula is C24H24N2O3. The van der Waals surface area contributed by atoms with E-state index in [4.69, 9.17) is 4.74 Å². The average Bonchev–Trinajstić information content (AvgIpc) is 2.70. The summed E-state index contributed by atoms with van der Waals surface area (Å²) >= 11 is 0. The minimum Gasteiger partial charge on any atom is -0.483 e. The van der Waals surface area contributed by atoms with E-state index in [9.17, 15) is 9.59 Å². The highest BCUT2D eigenvalue weighted by molar-refractivity contribution is 6.10. The summed E-state index contributed by atoms with van der Waals surface area (Å²) in [6.07, 6.45) is 0. The Hall–Kier alpha value is -3.60. The van der Waals surface area contributed by atoms with Crippen molar-refractivity contribution in [3.05, 3.63) is 89.0 Å². The van der Waals surface area contributed by atoms with Gasteiger partial charge in [0.05, 0.1) is 11.3 Å². The van der Waals surface area contributed by atoms with E-state index in [1.807, 2.05) is 63.2 Å². The van der Waals surface area contributed by atoms with Gasteiger partial charge in [0.25, 0.3) is 11.8 Å². The molecular weight excluding hydrogens is 364 g/mol. The van der Waals surface area contributed by atoms with Gasteiger partial charge in [-0.15, -0.1) is 0 Å². The van der Waals surface area contributed by atoms with Gasteiger partial charge in [-0.05, 0) is 67.8 Å². The third-order valence-corrected chi connectivity index (χ3v) is 4.66. The summed E-state index contributed by atoms with van der Waals surface area (Å²) in [6.45, 7) is 5.79. The number of para-hydroxylation sites is 2. The van der Waals surface area contributed by atoms with Crippen molar-refractivity contribution in [2.24, 2.45) is 0 Å². The summed E-state index contributed by atoms with van der Waals surface area (Å²) in [5.41, 5.74) is 4.74. The molecule has 3 aromatic carbocycles. The van der Waals surface area contributed by atoms with E-state index in [1.165, 1.54) is 0 Å². The Balaban J connectivity index is 1.67. The van der Waals surface area contributed by atoms with Crippen LogP contribution in [-0.4, -0.2) is 18.4 Å². The highest BCUT2D eigenvalue weighted by atomic mass is 16.5. The zero-order valence-corrected chi connectivity index (χ0v) is 16.8. The summed E-state index contributed by atoms with van der Waals surface area (Å²) in [7, 11) is 0. The van der Waals surface area contributed by atoms with Crippen LogP contribution in [0.5, 0.6) is 5.75 Å². The van der Waals surface area contributed by atoms with Crippen molar-refractivity contribution in [3.8, 4) is 5.75 Å². The SMILES string of the molecule is Cc1ccc(NC(=O)c2ccccc2NC(=O)COc2ccccc2C)cc1C. The van der Waals surface area contributed by atoms with Crippen LogP contribution in [0.15, 0.2) is 66.7 Å². The van der Waals surface area contributed by atoms with Gasteiger partial charge in [-0.2, -0.15) is 0 Å². The molecule has 0 bridgehead atoms. The van der Waals surface area contributed by atoms with Gasteiger partial charge >= 0.3 is 0 Å². The van der Waals surface area contributed by atoms with Gasteiger partial charge in [-0.3, -0.25) is 9.59 Å². The summed E-state index contributed by atoms with van der Waals surface area (Å²) in [5, 5.41) is 5.65. The van der Waals surface area contributed by atoms with Gasteiger partial charge in [0.15, 0.2) is 6.61 Å². The highest BCUT2D eigenvalue weighted by Gasteiger charge is 2.14. The maximum absolute atomic E-state index is 12.7. The first-order chi connectivity index (χ1) is 13.9. The number of hydrogen-bond acceptors (Lipinski definition) is 3. The third kappa shape index (κ3) is 5.23. The molecule has 0 aromatic heterocycles. The first-order valence-corrected chi connectivity index (χ1v) is 9.40. The second-order valence-electron chi connectivity index (χ2n) is 6.90. The lowest BCUT2D eigenvalue weighted by Crippen LogP contribution is -2.23. The molecule has 0 saturated heterocycles. The number of amides is 2. The fourth-order valence-electron chi connectivity index (χ4n) is 2.86. The topological polar surface area (TPSA) is 67.4 Å². The third-order valence-electron chi connectivity index (χ3n) is 4.66. The highest BCUT2D eigenvalue weighted by Crippen LogP contribution is 2.20. The smallest absolute Gasteiger partial charge is 0.262 e. The van der Waals surface area contributed by atoms with Crippen LogP contribution < -0.4 is 15.4 Å². The van der Waals surface area contributed by atoms with E-state index in [2.05, 4.69) is 10.6 Å². The molecule has 3 aromatic rings. The van der Waals surface area contributed by atoms with Gasteiger partial charge in [-0.25, -0.2) is 0 Å². The number of benzene rings is 3. The molecule has 2 amide bonds. The molecule has 0 aliphatic carbocycles. The summed E-state index contributed by atoms with van der Waals surface area (Å²) in [4.78, 5) is 25.1. The first-order valence-electron chi connectivity index (χ1n) is 9.40. The lowest BCUT2D eigenvalue weighted by molar-refractivity contribution is -0.118. The number of rotatable bonds is 6. The molecule has 5 heteroatoms. The molecule has 2 N–H and O–H groups in total. The van der Waals surface area contributed by atoms with Crippen LogP contribution in [0.3, 0.4) is 0 Å². The molecule has 0 saturated carbocycles. The average molecular weight is 388 g/mol. The van der Waals surface area contributed by atoms with E-state index >= 15 is 0 Å². The fraction of sp³-hybridized carbons (Fsp3) is 0.167. The number of hydrogen-bond donors (Lipinski definition) is 2. The largest absolute Gasteiger partial charge is 0.483 e. The number of aryl methyl sites for hydroxylation is 3. The molecule has 3 rings (SSSR count). The van der Waals surface area contributed by atoms with Crippen molar-refractivity contribution >= 4 is 23.2 Å². The van der Waals surface area contributed by atoms with Gasteiger partial charge in [0, 0.05) is 5.69 Å². The Kier molecular flexibility index (Phi) is 6.29. The second-order valence-corrected chi connectivity index (χ2v) is 6.90. The predicted octanol–water partition coefficient (Wildman–Crippen LogP) is 4.88. The van der Waals surface area contributed by atoms with Crippen molar-refractivity contribution in [1.82, 2.24) is 0 Å². The zero-order valence-electron chi connectivity index (χ0n) is 16.8. The lowest BCUT2D eigenvalue weighted by Gasteiger charge is -2.13. The van der Waals surface area contributed by atoms with Crippen molar-refractivity contribution in [1.29, 1.82) is 0 Å². The quantitative estimate of drug-likeness (QED) is 0.632. The van der Waals surface area contributed by atoms with Crippen LogP contribution in [0.1, 0.15) is 27.0 Å². The number of carbonyl (C=O) groups excluding carboxylic acids is 2. The number of carbonyl (C=O) groups is 2.